The van der Waals surface area contributed by atoms with Crippen LogP contribution in [0.4, 0.5) is 0 Å². The van der Waals surface area contributed by atoms with Crippen LogP contribution < -0.4 is 0 Å². The van der Waals surface area contributed by atoms with Crippen molar-refractivity contribution in [1.29, 1.82) is 0 Å². The van der Waals surface area contributed by atoms with Crippen molar-refractivity contribution in [3.8, 4) is 11.1 Å². The van der Waals surface area contributed by atoms with E-state index in [0.29, 0.717) is 0 Å². The van der Waals surface area contributed by atoms with E-state index in [1.807, 2.05) is 12.1 Å². The van der Waals surface area contributed by atoms with Crippen LogP contribution in [-0.4, -0.2) is 10.2 Å². The average Bonchev–Trinajstić information content (AvgIpc) is 2.58. The number of fused-ring (bicyclic) bond motifs is 1. The number of aromatic nitrogens is 2. The molecule has 0 saturated heterocycles. The van der Waals surface area contributed by atoms with Crippen molar-refractivity contribution in [1.82, 2.24) is 10.2 Å². The Hall–Kier alpha value is -1.74. The third-order valence-corrected chi connectivity index (χ3v) is 4.77. The molecule has 3 rings (SSSR count). The molecule has 2 nitrogen and oxygen atoms in total. The molecule has 0 aliphatic rings. The molecule has 0 fully saturated rings. The highest BCUT2D eigenvalue weighted by Crippen LogP contribution is 2.30. The lowest BCUT2D eigenvalue weighted by atomic mass is 10.0. The monoisotopic (exact) mass is 354 g/mol. The molecule has 3 heteroatoms. The summed E-state index contributed by atoms with van der Waals surface area (Å²) < 4.78 is 1.09. The van der Waals surface area contributed by atoms with E-state index in [9.17, 15) is 0 Å². The predicted molar refractivity (Wildman–Crippen MR) is 95.9 cm³/mol. The molecule has 0 atom stereocenters. The quantitative estimate of drug-likeness (QED) is 0.541. The van der Waals surface area contributed by atoms with Gasteiger partial charge in [-0.25, -0.2) is 0 Å². The summed E-state index contributed by atoms with van der Waals surface area (Å²) >= 11 is 3.74. The van der Waals surface area contributed by atoms with Gasteiger partial charge in [-0.1, -0.05) is 56.2 Å². The first-order chi connectivity index (χ1) is 10.8. The van der Waals surface area contributed by atoms with Crippen molar-refractivity contribution in [3.05, 3.63) is 58.7 Å². The van der Waals surface area contributed by atoms with E-state index in [2.05, 4.69) is 69.4 Å². The highest BCUT2D eigenvalue weighted by Gasteiger charge is 2.09. The first-order valence-electron chi connectivity index (χ1n) is 7.80. The Morgan fingerprint density at radius 3 is 2.50 bits per heavy atom. The van der Waals surface area contributed by atoms with Crippen LogP contribution in [0.25, 0.3) is 22.0 Å². The van der Waals surface area contributed by atoms with E-state index in [1.54, 1.807) is 0 Å². The van der Waals surface area contributed by atoms with Gasteiger partial charge >= 0.3 is 0 Å². The smallest absolute Gasteiger partial charge is 0.0941 e. The van der Waals surface area contributed by atoms with E-state index in [-0.39, 0.29) is 0 Å². The van der Waals surface area contributed by atoms with E-state index in [4.69, 9.17) is 0 Å². The molecule has 112 valence electrons. The fourth-order valence-corrected chi connectivity index (χ4v) is 3.22. The van der Waals surface area contributed by atoms with E-state index in [0.717, 1.165) is 33.9 Å². The topological polar surface area (TPSA) is 25.8 Å². The molecular formula is C19H19BrN2. The van der Waals surface area contributed by atoms with Gasteiger partial charge in [-0.15, -0.1) is 0 Å². The van der Waals surface area contributed by atoms with Gasteiger partial charge in [0.15, 0.2) is 0 Å². The SMILES string of the molecule is CCCCCc1nnc2ccc(-c3ccccc3)cc2c1Br. The summed E-state index contributed by atoms with van der Waals surface area (Å²) in [7, 11) is 0. The van der Waals surface area contributed by atoms with Gasteiger partial charge < -0.3 is 0 Å². The maximum Gasteiger partial charge on any atom is 0.0941 e. The molecule has 0 unspecified atom stereocenters. The molecule has 0 spiro atoms. The molecule has 0 bridgehead atoms. The average molecular weight is 355 g/mol. The zero-order valence-corrected chi connectivity index (χ0v) is 14.3. The number of halogens is 1. The number of rotatable bonds is 5. The summed E-state index contributed by atoms with van der Waals surface area (Å²) in [4.78, 5) is 0. The van der Waals surface area contributed by atoms with Crippen LogP contribution in [-0.2, 0) is 6.42 Å². The van der Waals surface area contributed by atoms with Crippen molar-refractivity contribution in [2.24, 2.45) is 0 Å². The summed E-state index contributed by atoms with van der Waals surface area (Å²) in [6.45, 7) is 2.22. The van der Waals surface area contributed by atoms with Crippen molar-refractivity contribution in [2.45, 2.75) is 32.6 Å². The van der Waals surface area contributed by atoms with Gasteiger partial charge in [0.25, 0.3) is 0 Å². The summed E-state index contributed by atoms with van der Waals surface area (Å²) in [5, 5.41) is 9.90. The van der Waals surface area contributed by atoms with Gasteiger partial charge in [-0.3, -0.25) is 0 Å². The maximum absolute atomic E-state index is 4.38. The van der Waals surface area contributed by atoms with Gasteiger partial charge in [0.2, 0.25) is 0 Å². The lowest BCUT2D eigenvalue weighted by Crippen LogP contribution is -1.97. The Morgan fingerprint density at radius 2 is 1.73 bits per heavy atom. The number of benzene rings is 2. The standard InChI is InChI=1S/C19H19BrN2/c1-2-3-5-10-18-19(20)16-13-15(11-12-17(16)21-22-18)14-8-6-4-7-9-14/h4,6-9,11-13H,2-3,5,10H2,1H3. The number of hydrogen-bond acceptors (Lipinski definition) is 2. The molecule has 1 aromatic heterocycles. The van der Waals surface area contributed by atoms with Crippen LogP contribution in [0.15, 0.2) is 53.0 Å². The van der Waals surface area contributed by atoms with Crippen LogP contribution in [0.2, 0.25) is 0 Å². The molecule has 0 aliphatic heterocycles. The molecule has 1 heterocycles. The zero-order valence-electron chi connectivity index (χ0n) is 12.7. The molecule has 2 aromatic carbocycles. The normalized spacial score (nSPS) is 11.0. The molecule has 3 aromatic rings. The lowest BCUT2D eigenvalue weighted by Gasteiger charge is -2.08. The van der Waals surface area contributed by atoms with Crippen molar-refractivity contribution in [2.75, 3.05) is 0 Å². The lowest BCUT2D eigenvalue weighted by molar-refractivity contribution is 0.699. The Kier molecular flexibility index (Phi) is 4.84. The first kappa shape index (κ1) is 15.2. The van der Waals surface area contributed by atoms with Gasteiger partial charge in [-0.05, 0) is 52.0 Å². The van der Waals surface area contributed by atoms with Crippen molar-refractivity contribution < 1.29 is 0 Å². The second kappa shape index (κ2) is 7.01. The van der Waals surface area contributed by atoms with Crippen LogP contribution in [0.5, 0.6) is 0 Å². The summed E-state index contributed by atoms with van der Waals surface area (Å²) in [6.07, 6.45) is 4.59. The largest absolute Gasteiger partial charge is 0.154 e. The van der Waals surface area contributed by atoms with Gasteiger partial charge in [0.1, 0.15) is 0 Å². The third kappa shape index (κ3) is 3.20. The van der Waals surface area contributed by atoms with Crippen LogP contribution in [0.1, 0.15) is 31.9 Å². The molecule has 0 radical (unpaired) electrons. The van der Waals surface area contributed by atoms with E-state index < -0.39 is 0 Å². The molecule has 0 amide bonds. The predicted octanol–water partition coefficient (Wildman–Crippen LogP) is 5.79. The van der Waals surface area contributed by atoms with E-state index >= 15 is 0 Å². The minimum Gasteiger partial charge on any atom is -0.154 e. The van der Waals surface area contributed by atoms with E-state index in [1.165, 1.54) is 24.0 Å². The minimum absolute atomic E-state index is 0.936. The zero-order chi connectivity index (χ0) is 15.4. The van der Waals surface area contributed by atoms with Crippen LogP contribution in [0.3, 0.4) is 0 Å². The summed E-state index contributed by atoms with van der Waals surface area (Å²) in [5.74, 6) is 0. The second-order valence-electron chi connectivity index (χ2n) is 5.52. The Balaban J connectivity index is 2.00. The van der Waals surface area contributed by atoms with Gasteiger partial charge in [0, 0.05) is 5.39 Å². The molecule has 0 N–H and O–H groups in total. The van der Waals surface area contributed by atoms with Gasteiger partial charge in [-0.2, -0.15) is 10.2 Å². The number of nitrogens with zero attached hydrogens (tertiary/aromatic N) is 2. The maximum atomic E-state index is 4.38. The van der Waals surface area contributed by atoms with Crippen molar-refractivity contribution >= 4 is 26.8 Å². The fourth-order valence-electron chi connectivity index (χ4n) is 2.62. The number of aryl methyl sites for hydroxylation is 1. The molecule has 22 heavy (non-hydrogen) atoms. The fraction of sp³-hybridized carbons (Fsp3) is 0.263. The first-order valence-corrected chi connectivity index (χ1v) is 8.59. The Morgan fingerprint density at radius 1 is 0.909 bits per heavy atom. The third-order valence-electron chi connectivity index (χ3n) is 3.89. The van der Waals surface area contributed by atoms with Crippen LogP contribution >= 0.6 is 15.9 Å². The highest BCUT2D eigenvalue weighted by atomic mass is 79.9. The van der Waals surface area contributed by atoms with Crippen molar-refractivity contribution in [3.63, 3.8) is 0 Å². The molecule has 0 aliphatic carbocycles. The Labute approximate surface area is 139 Å². The summed E-state index contributed by atoms with van der Waals surface area (Å²) in [5.41, 5.74) is 4.43. The van der Waals surface area contributed by atoms with Crippen LogP contribution in [0, 0.1) is 0 Å². The minimum atomic E-state index is 0.936. The van der Waals surface area contributed by atoms with Gasteiger partial charge in [0.05, 0.1) is 15.7 Å². The molecule has 0 saturated carbocycles. The molecular weight excluding hydrogens is 336 g/mol. The second-order valence-corrected chi connectivity index (χ2v) is 6.31. The summed E-state index contributed by atoms with van der Waals surface area (Å²) in [6, 6.07) is 16.8. The highest BCUT2D eigenvalue weighted by molar-refractivity contribution is 9.10. The number of unbranched alkanes of at least 4 members (excludes halogenated alkanes) is 2. The number of hydrogen-bond donors (Lipinski definition) is 0. The Bertz CT molecular complexity index is 769.